The molecular weight excluding hydrogens is 418 g/mol. The lowest BCUT2D eigenvalue weighted by molar-refractivity contribution is 0.103. The van der Waals surface area contributed by atoms with Gasteiger partial charge in [-0.25, -0.2) is 0 Å². The first-order valence-corrected chi connectivity index (χ1v) is 10.8. The summed E-state index contributed by atoms with van der Waals surface area (Å²) in [6.07, 6.45) is 0. The van der Waals surface area contributed by atoms with Gasteiger partial charge in [0.25, 0.3) is 5.91 Å². The zero-order valence-electron chi connectivity index (χ0n) is 16.7. The molecule has 1 heterocycles. The van der Waals surface area contributed by atoms with Crippen LogP contribution in [0.15, 0.2) is 60.0 Å². The fraction of sp³-hybridized carbons (Fsp3) is 0.182. The van der Waals surface area contributed by atoms with Gasteiger partial charge in [0.2, 0.25) is 0 Å². The van der Waals surface area contributed by atoms with Crippen LogP contribution in [0.5, 0.6) is 11.5 Å². The maximum Gasteiger partial charge on any atom is 0.265 e. The lowest BCUT2D eigenvalue weighted by Crippen LogP contribution is -2.20. The van der Waals surface area contributed by atoms with Crippen molar-refractivity contribution >= 4 is 51.6 Å². The van der Waals surface area contributed by atoms with Crippen LogP contribution in [-0.2, 0) is 0 Å². The number of rotatable bonds is 8. The first-order chi connectivity index (χ1) is 14.6. The van der Waals surface area contributed by atoms with Crippen molar-refractivity contribution in [3.8, 4) is 11.5 Å². The van der Waals surface area contributed by atoms with Gasteiger partial charge in [-0.3, -0.25) is 4.79 Å². The Morgan fingerprint density at radius 1 is 0.900 bits per heavy atom. The Hall–Kier alpha value is -3.10. The van der Waals surface area contributed by atoms with Gasteiger partial charge in [-0.1, -0.05) is 24.3 Å². The van der Waals surface area contributed by atoms with Gasteiger partial charge in [-0.2, -0.15) is 0 Å². The second-order valence-corrected chi connectivity index (χ2v) is 7.44. The van der Waals surface area contributed by atoms with Gasteiger partial charge in [0.15, 0.2) is 5.11 Å². The van der Waals surface area contributed by atoms with E-state index in [1.807, 2.05) is 55.6 Å². The highest BCUT2D eigenvalue weighted by Gasteiger charge is 2.16. The lowest BCUT2D eigenvalue weighted by Gasteiger charge is -2.19. The number of anilines is 3. The number of carbonyl (C=O) groups is 1. The maximum absolute atomic E-state index is 12.5. The average molecular weight is 442 g/mol. The molecule has 0 atom stereocenters. The van der Waals surface area contributed by atoms with E-state index < -0.39 is 0 Å². The second-order valence-electron chi connectivity index (χ2n) is 6.09. The van der Waals surface area contributed by atoms with Gasteiger partial charge < -0.3 is 25.4 Å². The molecule has 8 heteroatoms. The molecule has 0 saturated heterocycles. The van der Waals surface area contributed by atoms with E-state index in [-0.39, 0.29) is 5.91 Å². The van der Waals surface area contributed by atoms with Gasteiger partial charge in [0.05, 0.1) is 29.5 Å². The smallest absolute Gasteiger partial charge is 0.265 e. The van der Waals surface area contributed by atoms with E-state index in [0.717, 1.165) is 5.69 Å². The van der Waals surface area contributed by atoms with Crippen molar-refractivity contribution in [2.75, 3.05) is 29.2 Å². The highest BCUT2D eigenvalue weighted by Crippen LogP contribution is 2.37. The minimum atomic E-state index is -0.199. The molecule has 0 aliphatic carbocycles. The number of para-hydroxylation sites is 1. The predicted octanol–water partition coefficient (Wildman–Crippen LogP) is 5.61. The number of carbonyl (C=O) groups excluding carboxylic acids is 1. The van der Waals surface area contributed by atoms with E-state index >= 15 is 0 Å². The molecule has 3 rings (SSSR count). The molecular formula is C22H23N3O3S2. The molecule has 30 heavy (non-hydrogen) atoms. The first kappa shape index (κ1) is 21.6. The van der Waals surface area contributed by atoms with Crippen LogP contribution >= 0.6 is 23.6 Å². The number of hydrogen-bond acceptors (Lipinski definition) is 5. The van der Waals surface area contributed by atoms with Crippen molar-refractivity contribution in [2.45, 2.75) is 13.8 Å². The summed E-state index contributed by atoms with van der Waals surface area (Å²) in [7, 11) is 0. The monoisotopic (exact) mass is 441 g/mol. The summed E-state index contributed by atoms with van der Waals surface area (Å²) >= 11 is 6.81. The van der Waals surface area contributed by atoms with Crippen LogP contribution < -0.4 is 25.4 Å². The Kier molecular flexibility index (Phi) is 7.64. The largest absolute Gasteiger partial charge is 0.492 e. The molecule has 0 bridgehead atoms. The van der Waals surface area contributed by atoms with E-state index in [9.17, 15) is 4.79 Å². The van der Waals surface area contributed by atoms with Crippen molar-refractivity contribution in [3.63, 3.8) is 0 Å². The normalized spacial score (nSPS) is 10.2. The first-order valence-electron chi connectivity index (χ1n) is 9.52. The zero-order chi connectivity index (χ0) is 21.3. The lowest BCUT2D eigenvalue weighted by atomic mass is 10.2. The number of benzene rings is 2. The SMILES string of the molecule is CCOc1cc(NC(=S)Nc2ccccc2)c(OCC)cc1NC(=O)c1cccs1. The van der Waals surface area contributed by atoms with E-state index in [4.69, 9.17) is 21.7 Å². The second kappa shape index (κ2) is 10.6. The van der Waals surface area contributed by atoms with Crippen molar-refractivity contribution in [1.29, 1.82) is 0 Å². The van der Waals surface area contributed by atoms with Gasteiger partial charge in [-0.15, -0.1) is 11.3 Å². The Bertz CT molecular complexity index is 992. The van der Waals surface area contributed by atoms with E-state index in [0.29, 0.717) is 46.1 Å². The number of thiophene rings is 1. The topological polar surface area (TPSA) is 71.6 Å². The molecule has 3 N–H and O–H groups in total. The Labute approximate surface area is 185 Å². The van der Waals surface area contributed by atoms with Crippen molar-refractivity contribution < 1.29 is 14.3 Å². The summed E-state index contributed by atoms with van der Waals surface area (Å²) in [5, 5.41) is 11.5. The molecule has 0 fully saturated rings. The molecule has 1 aromatic heterocycles. The quantitative estimate of drug-likeness (QED) is 0.395. The van der Waals surface area contributed by atoms with Gasteiger partial charge >= 0.3 is 0 Å². The standard InChI is InChI=1S/C22H23N3O3S2/c1-3-27-18-14-17(25-22(29)23-15-9-6-5-7-10-15)19(28-4-2)13-16(18)24-21(26)20-11-8-12-30-20/h5-14H,3-4H2,1-2H3,(H,24,26)(H2,23,25,29). The third-order valence-electron chi connectivity index (χ3n) is 3.95. The Morgan fingerprint density at radius 2 is 1.53 bits per heavy atom. The number of hydrogen-bond donors (Lipinski definition) is 3. The van der Waals surface area contributed by atoms with Crippen molar-refractivity contribution in [2.24, 2.45) is 0 Å². The number of nitrogens with one attached hydrogen (secondary N) is 3. The van der Waals surface area contributed by atoms with Crippen LogP contribution in [-0.4, -0.2) is 24.2 Å². The van der Waals surface area contributed by atoms with Crippen molar-refractivity contribution in [3.05, 3.63) is 64.9 Å². The third kappa shape index (κ3) is 5.71. The molecule has 1 amide bonds. The highest BCUT2D eigenvalue weighted by molar-refractivity contribution is 7.80. The number of amides is 1. The van der Waals surface area contributed by atoms with Crippen LogP contribution in [0.25, 0.3) is 0 Å². The van der Waals surface area contributed by atoms with Crippen LogP contribution in [0.3, 0.4) is 0 Å². The summed E-state index contributed by atoms with van der Waals surface area (Å²) < 4.78 is 11.5. The summed E-state index contributed by atoms with van der Waals surface area (Å²) in [5.74, 6) is 0.880. The molecule has 0 unspecified atom stereocenters. The molecule has 6 nitrogen and oxygen atoms in total. The van der Waals surface area contributed by atoms with Crippen molar-refractivity contribution in [1.82, 2.24) is 0 Å². The molecule has 156 valence electrons. The minimum absolute atomic E-state index is 0.199. The average Bonchev–Trinajstić information content (AvgIpc) is 3.27. The Balaban J connectivity index is 1.85. The van der Waals surface area contributed by atoms with Gasteiger partial charge in [0.1, 0.15) is 11.5 Å². The van der Waals surface area contributed by atoms with Crippen LogP contribution in [0, 0.1) is 0 Å². The Morgan fingerprint density at radius 3 is 2.10 bits per heavy atom. The van der Waals surface area contributed by atoms with Crippen LogP contribution in [0.1, 0.15) is 23.5 Å². The summed E-state index contributed by atoms with van der Waals surface area (Å²) in [6.45, 7) is 4.68. The minimum Gasteiger partial charge on any atom is -0.492 e. The fourth-order valence-electron chi connectivity index (χ4n) is 2.70. The molecule has 3 aromatic rings. The van der Waals surface area contributed by atoms with E-state index in [1.54, 1.807) is 18.2 Å². The summed E-state index contributed by atoms with van der Waals surface area (Å²) in [5.41, 5.74) is 2.05. The summed E-state index contributed by atoms with van der Waals surface area (Å²) in [4.78, 5) is 13.1. The van der Waals surface area contributed by atoms with Crippen LogP contribution in [0.2, 0.25) is 0 Å². The maximum atomic E-state index is 12.5. The number of thiocarbonyl (C=S) groups is 1. The molecule has 0 spiro atoms. The predicted molar refractivity (Wildman–Crippen MR) is 127 cm³/mol. The molecule has 0 aliphatic rings. The van der Waals surface area contributed by atoms with Gasteiger partial charge in [0, 0.05) is 17.8 Å². The van der Waals surface area contributed by atoms with E-state index in [2.05, 4.69) is 16.0 Å². The third-order valence-corrected chi connectivity index (χ3v) is 5.03. The molecule has 0 aliphatic heterocycles. The molecule has 2 aromatic carbocycles. The fourth-order valence-corrected chi connectivity index (χ4v) is 3.55. The van der Waals surface area contributed by atoms with E-state index in [1.165, 1.54) is 11.3 Å². The van der Waals surface area contributed by atoms with Crippen LogP contribution in [0.4, 0.5) is 17.1 Å². The molecule has 0 radical (unpaired) electrons. The number of ether oxygens (including phenoxy) is 2. The van der Waals surface area contributed by atoms with Gasteiger partial charge in [-0.05, 0) is 49.6 Å². The zero-order valence-corrected chi connectivity index (χ0v) is 18.4. The highest BCUT2D eigenvalue weighted by atomic mass is 32.1. The molecule has 0 saturated carbocycles. The summed E-state index contributed by atoms with van der Waals surface area (Å²) in [6, 6.07) is 16.8.